The molecule has 2 saturated heterocycles. The minimum Gasteiger partial charge on any atom is -0.496 e. The Morgan fingerprint density at radius 3 is 2.42 bits per heavy atom. The van der Waals surface area contributed by atoms with Gasteiger partial charge in [-0.3, -0.25) is 4.79 Å². The zero-order valence-corrected chi connectivity index (χ0v) is 14.7. The van der Waals surface area contributed by atoms with Crippen molar-refractivity contribution in [2.75, 3.05) is 40.5 Å². The number of hydrogen-bond donors (Lipinski definition) is 0. The number of rotatable bonds is 4. The van der Waals surface area contributed by atoms with Crippen molar-refractivity contribution in [2.45, 2.75) is 37.8 Å². The Bertz CT molecular complexity index is 549. The molecule has 0 radical (unpaired) electrons. The number of hydrogen-bond acceptors (Lipinski definition) is 4. The SMILES string of the molecule is COc1ccccc1C(=O)N1CCC(N(C)C2CCOCC2)CC1. The fourth-order valence-corrected chi connectivity index (χ4v) is 3.86. The van der Waals surface area contributed by atoms with Crippen LogP contribution >= 0.6 is 0 Å². The van der Waals surface area contributed by atoms with Crippen LogP contribution in [-0.2, 0) is 4.74 Å². The molecule has 0 atom stereocenters. The van der Waals surface area contributed by atoms with Crippen LogP contribution in [0.1, 0.15) is 36.0 Å². The summed E-state index contributed by atoms with van der Waals surface area (Å²) in [5.74, 6) is 0.739. The van der Waals surface area contributed by atoms with Crippen LogP contribution in [0.2, 0.25) is 0 Å². The van der Waals surface area contributed by atoms with Gasteiger partial charge in [0.1, 0.15) is 5.75 Å². The van der Waals surface area contributed by atoms with Gasteiger partial charge in [-0.2, -0.15) is 0 Å². The van der Waals surface area contributed by atoms with E-state index in [-0.39, 0.29) is 5.91 Å². The Balaban J connectivity index is 1.57. The predicted octanol–water partition coefficient (Wildman–Crippen LogP) is 2.41. The molecule has 3 rings (SSSR count). The molecule has 5 nitrogen and oxygen atoms in total. The van der Waals surface area contributed by atoms with Gasteiger partial charge in [0.2, 0.25) is 0 Å². The van der Waals surface area contributed by atoms with E-state index in [9.17, 15) is 4.79 Å². The van der Waals surface area contributed by atoms with Crippen molar-refractivity contribution in [3.8, 4) is 5.75 Å². The van der Waals surface area contributed by atoms with Gasteiger partial charge >= 0.3 is 0 Å². The fraction of sp³-hybridized carbons (Fsp3) is 0.632. The highest BCUT2D eigenvalue weighted by molar-refractivity contribution is 5.97. The number of para-hydroxylation sites is 1. The lowest BCUT2D eigenvalue weighted by Crippen LogP contribution is -2.49. The van der Waals surface area contributed by atoms with Crippen LogP contribution in [-0.4, -0.2) is 68.3 Å². The minimum absolute atomic E-state index is 0.0830. The maximum Gasteiger partial charge on any atom is 0.257 e. The zero-order chi connectivity index (χ0) is 16.9. The Kier molecular flexibility index (Phi) is 5.74. The van der Waals surface area contributed by atoms with Gasteiger partial charge in [0.05, 0.1) is 12.7 Å². The molecule has 0 N–H and O–H groups in total. The molecule has 1 aromatic carbocycles. The quantitative estimate of drug-likeness (QED) is 0.849. The first kappa shape index (κ1) is 17.2. The van der Waals surface area contributed by atoms with Crippen LogP contribution in [0.25, 0.3) is 0 Å². The van der Waals surface area contributed by atoms with Crippen LogP contribution in [0.3, 0.4) is 0 Å². The molecule has 1 aromatic rings. The first-order valence-electron chi connectivity index (χ1n) is 8.92. The summed E-state index contributed by atoms with van der Waals surface area (Å²) in [7, 11) is 3.85. The topological polar surface area (TPSA) is 42.0 Å². The predicted molar refractivity (Wildman–Crippen MR) is 93.5 cm³/mol. The monoisotopic (exact) mass is 332 g/mol. The van der Waals surface area contributed by atoms with Gasteiger partial charge in [0.25, 0.3) is 5.91 Å². The van der Waals surface area contributed by atoms with E-state index in [2.05, 4.69) is 11.9 Å². The molecule has 0 saturated carbocycles. The molecule has 2 aliphatic rings. The van der Waals surface area contributed by atoms with E-state index >= 15 is 0 Å². The van der Waals surface area contributed by atoms with Crippen molar-refractivity contribution >= 4 is 5.91 Å². The summed E-state index contributed by atoms with van der Waals surface area (Å²) in [6.45, 7) is 3.38. The van der Waals surface area contributed by atoms with Crippen LogP contribution in [0.5, 0.6) is 5.75 Å². The van der Waals surface area contributed by atoms with Gasteiger partial charge in [-0.1, -0.05) is 12.1 Å². The van der Waals surface area contributed by atoms with Gasteiger partial charge in [-0.15, -0.1) is 0 Å². The number of benzene rings is 1. The number of nitrogens with zero attached hydrogens (tertiary/aromatic N) is 2. The van der Waals surface area contributed by atoms with E-state index in [1.165, 1.54) is 0 Å². The molecular formula is C19H28N2O3. The number of methoxy groups -OCH3 is 1. The third kappa shape index (κ3) is 3.73. The molecule has 0 bridgehead atoms. The molecule has 2 aliphatic heterocycles. The highest BCUT2D eigenvalue weighted by Crippen LogP contribution is 2.25. The molecule has 2 heterocycles. The highest BCUT2D eigenvalue weighted by Gasteiger charge is 2.30. The average Bonchev–Trinajstić information content (AvgIpc) is 2.67. The van der Waals surface area contributed by atoms with Crippen molar-refractivity contribution in [3.05, 3.63) is 29.8 Å². The van der Waals surface area contributed by atoms with E-state index in [4.69, 9.17) is 9.47 Å². The summed E-state index contributed by atoms with van der Waals surface area (Å²) in [6.07, 6.45) is 4.32. The van der Waals surface area contributed by atoms with Gasteiger partial charge < -0.3 is 19.3 Å². The van der Waals surface area contributed by atoms with Gasteiger partial charge in [-0.05, 0) is 44.9 Å². The van der Waals surface area contributed by atoms with Crippen molar-refractivity contribution in [3.63, 3.8) is 0 Å². The molecule has 0 aliphatic carbocycles. The summed E-state index contributed by atoms with van der Waals surface area (Å²) < 4.78 is 10.8. The fourth-order valence-electron chi connectivity index (χ4n) is 3.86. The third-order valence-corrected chi connectivity index (χ3v) is 5.43. The molecule has 5 heteroatoms. The lowest BCUT2D eigenvalue weighted by atomic mass is 9.98. The lowest BCUT2D eigenvalue weighted by molar-refractivity contribution is 0.0152. The Morgan fingerprint density at radius 1 is 1.12 bits per heavy atom. The van der Waals surface area contributed by atoms with E-state index in [1.54, 1.807) is 7.11 Å². The smallest absolute Gasteiger partial charge is 0.257 e. The second kappa shape index (κ2) is 7.99. The Hall–Kier alpha value is -1.59. The molecule has 2 fully saturated rings. The number of carbonyl (C=O) groups is 1. The molecule has 1 amide bonds. The number of likely N-dealkylation sites (tertiary alicyclic amines) is 1. The van der Waals surface area contributed by atoms with E-state index in [1.807, 2.05) is 29.2 Å². The second-order valence-corrected chi connectivity index (χ2v) is 6.73. The maximum atomic E-state index is 12.8. The summed E-state index contributed by atoms with van der Waals surface area (Å²) in [5, 5.41) is 0. The van der Waals surface area contributed by atoms with Gasteiger partial charge in [0.15, 0.2) is 0 Å². The Morgan fingerprint density at radius 2 is 1.75 bits per heavy atom. The number of amides is 1. The van der Waals surface area contributed by atoms with Gasteiger partial charge in [0, 0.05) is 38.4 Å². The largest absolute Gasteiger partial charge is 0.496 e. The van der Waals surface area contributed by atoms with Crippen LogP contribution in [0, 0.1) is 0 Å². The van der Waals surface area contributed by atoms with Crippen molar-refractivity contribution < 1.29 is 14.3 Å². The van der Waals surface area contributed by atoms with E-state index in [0.717, 1.165) is 52.0 Å². The molecule has 0 unspecified atom stereocenters. The summed E-state index contributed by atoms with van der Waals surface area (Å²) in [5.41, 5.74) is 0.663. The van der Waals surface area contributed by atoms with Crippen molar-refractivity contribution in [1.82, 2.24) is 9.80 Å². The third-order valence-electron chi connectivity index (χ3n) is 5.43. The minimum atomic E-state index is 0.0830. The van der Waals surface area contributed by atoms with Crippen LogP contribution < -0.4 is 4.74 Å². The Labute approximate surface area is 144 Å². The molecule has 24 heavy (non-hydrogen) atoms. The van der Waals surface area contributed by atoms with E-state index in [0.29, 0.717) is 23.4 Å². The standard InChI is InChI=1S/C19H28N2O3/c1-20(16-9-13-24-14-10-16)15-7-11-21(12-8-15)19(22)17-5-3-4-6-18(17)23-2/h3-6,15-16H,7-14H2,1-2H3. The molecule has 132 valence electrons. The molecule has 0 spiro atoms. The first-order valence-corrected chi connectivity index (χ1v) is 8.92. The zero-order valence-electron chi connectivity index (χ0n) is 14.7. The average molecular weight is 332 g/mol. The normalized spacial score (nSPS) is 20.4. The van der Waals surface area contributed by atoms with Crippen molar-refractivity contribution in [2.24, 2.45) is 0 Å². The number of carbonyl (C=O) groups excluding carboxylic acids is 1. The summed E-state index contributed by atoms with van der Waals surface area (Å²) in [4.78, 5) is 17.3. The van der Waals surface area contributed by atoms with Gasteiger partial charge in [-0.25, -0.2) is 0 Å². The molecular weight excluding hydrogens is 304 g/mol. The van der Waals surface area contributed by atoms with Crippen LogP contribution in [0.15, 0.2) is 24.3 Å². The highest BCUT2D eigenvalue weighted by atomic mass is 16.5. The summed E-state index contributed by atoms with van der Waals surface area (Å²) >= 11 is 0. The van der Waals surface area contributed by atoms with Crippen molar-refractivity contribution in [1.29, 1.82) is 0 Å². The van der Waals surface area contributed by atoms with Crippen LogP contribution in [0.4, 0.5) is 0 Å². The number of piperidine rings is 1. The molecule has 0 aromatic heterocycles. The number of ether oxygens (including phenoxy) is 2. The second-order valence-electron chi connectivity index (χ2n) is 6.73. The van der Waals surface area contributed by atoms with E-state index < -0.39 is 0 Å². The summed E-state index contributed by atoms with van der Waals surface area (Å²) in [6, 6.07) is 8.67. The first-order chi connectivity index (χ1) is 11.7. The maximum absolute atomic E-state index is 12.8. The lowest BCUT2D eigenvalue weighted by Gasteiger charge is -2.41.